The first-order valence-electron chi connectivity index (χ1n) is 8.33. The zero-order valence-electron chi connectivity index (χ0n) is 12.7. The molecule has 0 radical (unpaired) electrons. The Kier molecular flexibility index (Phi) is 9.59. The Hall–Kier alpha value is -0.0800. The van der Waals surface area contributed by atoms with Crippen LogP contribution in [0.15, 0.2) is 0 Å². The minimum absolute atomic E-state index is 0.880. The summed E-state index contributed by atoms with van der Waals surface area (Å²) in [6, 6.07) is 0.880. The van der Waals surface area contributed by atoms with Gasteiger partial charge in [0.05, 0.1) is 0 Å². The molecule has 1 aliphatic rings. The molecule has 0 bridgehead atoms. The van der Waals surface area contributed by atoms with Crippen LogP contribution in [0.4, 0.5) is 0 Å². The number of likely N-dealkylation sites (tertiary alicyclic amines) is 1. The highest BCUT2D eigenvalue weighted by atomic mass is 15.2. The second-order valence-corrected chi connectivity index (χ2v) is 5.78. The van der Waals surface area contributed by atoms with Gasteiger partial charge in [0.15, 0.2) is 0 Å². The van der Waals surface area contributed by atoms with Gasteiger partial charge in [-0.05, 0) is 38.8 Å². The molecule has 0 aromatic rings. The molecule has 0 spiro atoms. The fourth-order valence-electron chi connectivity index (χ4n) is 3.04. The van der Waals surface area contributed by atoms with Crippen LogP contribution in [0.2, 0.25) is 0 Å². The monoisotopic (exact) mass is 254 g/mol. The highest BCUT2D eigenvalue weighted by Crippen LogP contribution is 2.19. The van der Waals surface area contributed by atoms with Gasteiger partial charge in [-0.1, -0.05) is 46.0 Å². The van der Waals surface area contributed by atoms with Crippen molar-refractivity contribution in [2.45, 2.75) is 77.7 Å². The second-order valence-electron chi connectivity index (χ2n) is 5.78. The fourth-order valence-corrected chi connectivity index (χ4v) is 3.04. The quantitative estimate of drug-likeness (QED) is 0.596. The van der Waals surface area contributed by atoms with E-state index in [-0.39, 0.29) is 0 Å². The minimum Gasteiger partial charge on any atom is -0.315 e. The van der Waals surface area contributed by atoms with Crippen LogP contribution in [0, 0.1) is 0 Å². The molecule has 0 saturated carbocycles. The van der Waals surface area contributed by atoms with Crippen molar-refractivity contribution < 1.29 is 0 Å². The van der Waals surface area contributed by atoms with Crippen LogP contribution in [-0.2, 0) is 0 Å². The Bertz CT molecular complexity index is 180. The molecular formula is C16H34N2. The summed E-state index contributed by atoms with van der Waals surface area (Å²) in [7, 11) is 0. The van der Waals surface area contributed by atoms with Crippen LogP contribution < -0.4 is 5.32 Å². The van der Waals surface area contributed by atoms with Crippen LogP contribution in [0.1, 0.15) is 71.6 Å². The molecule has 1 N–H and O–H groups in total. The standard InChI is InChI=1S/C16H34N2/c1-3-5-6-8-12-17-13-15-18-14-9-7-11-16(18)10-4-2/h16-17H,3-15H2,1-2H3. The van der Waals surface area contributed by atoms with Crippen molar-refractivity contribution >= 4 is 0 Å². The first-order valence-corrected chi connectivity index (χ1v) is 8.33. The first-order chi connectivity index (χ1) is 8.88. The van der Waals surface area contributed by atoms with Gasteiger partial charge in [-0.15, -0.1) is 0 Å². The lowest BCUT2D eigenvalue weighted by Gasteiger charge is -2.35. The van der Waals surface area contributed by atoms with E-state index in [0.717, 1.165) is 6.04 Å². The second kappa shape index (κ2) is 10.8. The van der Waals surface area contributed by atoms with Crippen LogP contribution in [-0.4, -0.2) is 37.1 Å². The van der Waals surface area contributed by atoms with E-state index in [1.807, 2.05) is 0 Å². The molecule has 108 valence electrons. The smallest absolute Gasteiger partial charge is 0.0110 e. The van der Waals surface area contributed by atoms with Gasteiger partial charge < -0.3 is 5.32 Å². The maximum Gasteiger partial charge on any atom is 0.0110 e. The van der Waals surface area contributed by atoms with Crippen LogP contribution in [0.3, 0.4) is 0 Å². The Labute approximate surface area is 115 Å². The Balaban J connectivity index is 2.02. The summed E-state index contributed by atoms with van der Waals surface area (Å²) in [6.45, 7) is 9.59. The van der Waals surface area contributed by atoms with E-state index in [0.29, 0.717) is 0 Å². The number of rotatable bonds is 10. The normalized spacial score (nSPS) is 21.3. The molecule has 0 aromatic carbocycles. The van der Waals surface area contributed by atoms with E-state index in [1.54, 1.807) is 0 Å². The Morgan fingerprint density at radius 1 is 1.00 bits per heavy atom. The molecule has 18 heavy (non-hydrogen) atoms. The third-order valence-electron chi connectivity index (χ3n) is 4.15. The maximum atomic E-state index is 3.61. The number of unbranched alkanes of at least 4 members (excludes halogenated alkanes) is 3. The van der Waals surface area contributed by atoms with Crippen molar-refractivity contribution in [3.8, 4) is 0 Å². The zero-order chi connectivity index (χ0) is 13.1. The molecule has 1 rings (SSSR count). The predicted octanol–water partition coefficient (Wildman–Crippen LogP) is 3.81. The molecule has 1 atom stereocenters. The highest BCUT2D eigenvalue weighted by molar-refractivity contribution is 4.76. The number of nitrogens with one attached hydrogen (secondary N) is 1. The summed E-state index contributed by atoms with van der Waals surface area (Å²) in [5, 5.41) is 3.61. The van der Waals surface area contributed by atoms with Gasteiger partial charge in [-0.2, -0.15) is 0 Å². The SMILES string of the molecule is CCCCCCNCCN1CCCCC1CCC. The number of hydrogen-bond donors (Lipinski definition) is 1. The molecule has 0 aromatic heterocycles. The fraction of sp³-hybridized carbons (Fsp3) is 1.00. The van der Waals surface area contributed by atoms with Crippen LogP contribution in [0.25, 0.3) is 0 Å². The Morgan fingerprint density at radius 3 is 2.67 bits per heavy atom. The van der Waals surface area contributed by atoms with E-state index in [4.69, 9.17) is 0 Å². The summed E-state index contributed by atoms with van der Waals surface area (Å²) in [5.41, 5.74) is 0. The van der Waals surface area contributed by atoms with Gasteiger partial charge >= 0.3 is 0 Å². The van der Waals surface area contributed by atoms with E-state index in [9.17, 15) is 0 Å². The van der Waals surface area contributed by atoms with Crippen molar-refractivity contribution in [3.05, 3.63) is 0 Å². The Morgan fingerprint density at radius 2 is 1.89 bits per heavy atom. The van der Waals surface area contributed by atoms with Crippen molar-refractivity contribution in [2.75, 3.05) is 26.2 Å². The predicted molar refractivity (Wildman–Crippen MR) is 81.1 cm³/mol. The highest BCUT2D eigenvalue weighted by Gasteiger charge is 2.20. The average Bonchev–Trinajstić information content (AvgIpc) is 2.40. The number of nitrogens with zero attached hydrogens (tertiary/aromatic N) is 1. The topological polar surface area (TPSA) is 15.3 Å². The number of piperidine rings is 1. The molecular weight excluding hydrogens is 220 g/mol. The van der Waals surface area contributed by atoms with E-state index in [1.165, 1.54) is 84.0 Å². The lowest BCUT2D eigenvalue weighted by atomic mass is 9.98. The van der Waals surface area contributed by atoms with Gasteiger partial charge in [-0.25, -0.2) is 0 Å². The largest absolute Gasteiger partial charge is 0.315 e. The molecule has 0 aliphatic carbocycles. The van der Waals surface area contributed by atoms with E-state index in [2.05, 4.69) is 24.1 Å². The summed E-state index contributed by atoms with van der Waals surface area (Å²) < 4.78 is 0. The van der Waals surface area contributed by atoms with Crippen LogP contribution >= 0.6 is 0 Å². The molecule has 2 nitrogen and oxygen atoms in total. The number of hydrogen-bond acceptors (Lipinski definition) is 2. The maximum absolute atomic E-state index is 3.61. The van der Waals surface area contributed by atoms with Crippen molar-refractivity contribution in [2.24, 2.45) is 0 Å². The van der Waals surface area contributed by atoms with E-state index >= 15 is 0 Å². The van der Waals surface area contributed by atoms with Gasteiger partial charge in [0.2, 0.25) is 0 Å². The summed E-state index contributed by atoms with van der Waals surface area (Å²) >= 11 is 0. The minimum atomic E-state index is 0.880. The molecule has 0 amide bonds. The molecule has 1 aliphatic heterocycles. The van der Waals surface area contributed by atoms with Crippen LogP contribution in [0.5, 0.6) is 0 Å². The van der Waals surface area contributed by atoms with E-state index < -0.39 is 0 Å². The third-order valence-corrected chi connectivity index (χ3v) is 4.15. The van der Waals surface area contributed by atoms with Gasteiger partial charge in [-0.3, -0.25) is 4.90 Å². The average molecular weight is 254 g/mol. The lowest BCUT2D eigenvalue weighted by Crippen LogP contribution is -2.43. The summed E-state index contributed by atoms with van der Waals surface area (Å²) in [6.07, 6.45) is 12.5. The zero-order valence-corrected chi connectivity index (χ0v) is 12.7. The van der Waals surface area contributed by atoms with Crippen molar-refractivity contribution in [1.29, 1.82) is 0 Å². The van der Waals surface area contributed by atoms with Gasteiger partial charge in [0.25, 0.3) is 0 Å². The van der Waals surface area contributed by atoms with Crippen molar-refractivity contribution in [1.82, 2.24) is 10.2 Å². The van der Waals surface area contributed by atoms with Crippen molar-refractivity contribution in [3.63, 3.8) is 0 Å². The molecule has 1 saturated heterocycles. The third kappa shape index (κ3) is 6.75. The molecule has 1 heterocycles. The van der Waals surface area contributed by atoms with Gasteiger partial charge in [0, 0.05) is 19.1 Å². The van der Waals surface area contributed by atoms with Gasteiger partial charge in [0.1, 0.15) is 0 Å². The first kappa shape index (κ1) is 16.0. The molecule has 1 unspecified atom stereocenters. The molecule has 2 heteroatoms. The molecule has 1 fully saturated rings. The summed E-state index contributed by atoms with van der Waals surface area (Å²) in [5.74, 6) is 0. The summed E-state index contributed by atoms with van der Waals surface area (Å²) in [4.78, 5) is 2.73. The lowest BCUT2D eigenvalue weighted by molar-refractivity contribution is 0.140.